The molecule has 2 fully saturated rings. The summed E-state index contributed by atoms with van der Waals surface area (Å²) < 4.78 is 5.27. The number of hydrogen-bond acceptors (Lipinski definition) is 3. The predicted octanol–water partition coefficient (Wildman–Crippen LogP) is 0.144. The summed E-state index contributed by atoms with van der Waals surface area (Å²) in [5.41, 5.74) is 0. The quantitative estimate of drug-likeness (QED) is 0.633. The molecule has 1 amide bonds. The molecule has 2 heterocycles. The molecule has 0 aromatic carbocycles. The number of rotatable bonds is 2. The van der Waals surface area contributed by atoms with E-state index in [0.29, 0.717) is 5.91 Å². The summed E-state index contributed by atoms with van der Waals surface area (Å²) in [4.78, 5) is 15.9. The van der Waals surface area contributed by atoms with Crippen LogP contribution in [0.1, 0.15) is 13.3 Å². The molecule has 0 N–H and O–H groups in total. The van der Waals surface area contributed by atoms with E-state index in [1.165, 1.54) is 0 Å². The molecule has 0 radical (unpaired) electrons. The zero-order valence-electron chi connectivity index (χ0n) is 8.74. The third kappa shape index (κ3) is 2.07. The van der Waals surface area contributed by atoms with Crippen molar-refractivity contribution < 1.29 is 9.53 Å². The van der Waals surface area contributed by atoms with Crippen molar-refractivity contribution in [1.29, 1.82) is 0 Å². The fourth-order valence-corrected chi connectivity index (χ4v) is 2.02. The van der Waals surface area contributed by atoms with Crippen LogP contribution in [0.2, 0.25) is 0 Å². The van der Waals surface area contributed by atoms with Gasteiger partial charge in [0.2, 0.25) is 5.91 Å². The Labute approximate surface area is 84.8 Å². The number of carbonyl (C=O) groups is 1. The van der Waals surface area contributed by atoms with Gasteiger partial charge < -0.3 is 9.64 Å². The summed E-state index contributed by atoms with van der Waals surface area (Å²) in [7, 11) is 0. The van der Waals surface area contributed by atoms with Gasteiger partial charge in [0.15, 0.2) is 0 Å². The summed E-state index contributed by atoms with van der Waals surface area (Å²) in [5.74, 6) is 0.549. The maximum atomic E-state index is 11.6. The zero-order chi connectivity index (χ0) is 9.97. The lowest BCUT2D eigenvalue weighted by atomic mass is 10.1. The molecule has 1 unspecified atom stereocenters. The van der Waals surface area contributed by atoms with E-state index >= 15 is 0 Å². The van der Waals surface area contributed by atoms with E-state index < -0.39 is 0 Å². The minimum absolute atomic E-state index is 0.232. The monoisotopic (exact) mass is 198 g/mol. The van der Waals surface area contributed by atoms with Crippen molar-refractivity contribution in [3.05, 3.63) is 0 Å². The van der Waals surface area contributed by atoms with Gasteiger partial charge in [-0.25, -0.2) is 0 Å². The van der Waals surface area contributed by atoms with Crippen LogP contribution >= 0.6 is 0 Å². The summed E-state index contributed by atoms with van der Waals surface area (Å²) in [6.45, 7) is 7.26. The number of ether oxygens (including phenoxy) is 1. The third-order valence-electron chi connectivity index (χ3n) is 3.04. The van der Waals surface area contributed by atoms with Crippen LogP contribution in [-0.2, 0) is 9.53 Å². The van der Waals surface area contributed by atoms with E-state index in [0.717, 1.165) is 45.9 Å². The van der Waals surface area contributed by atoms with Crippen LogP contribution in [0.5, 0.6) is 0 Å². The highest BCUT2D eigenvalue weighted by Gasteiger charge is 2.29. The highest BCUT2D eigenvalue weighted by Crippen LogP contribution is 2.17. The SMILES string of the molecule is CC1CCN(CN2CCOCC2)C1=O. The van der Waals surface area contributed by atoms with Crippen LogP contribution in [0.25, 0.3) is 0 Å². The molecule has 2 rings (SSSR count). The summed E-state index contributed by atoms with van der Waals surface area (Å²) in [6.07, 6.45) is 1.02. The Hall–Kier alpha value is -0.610. The second-order valence-corrected chi connectivity index (χ2v) is 4.16. The van der Waals surface area contributed by atoms with Gasteiger partial charge in [-0.05, 0) is 6.42 Å². The number of morpholine rings is 1. The number of amides is 1. The second-order valence-electron chi connectivity index (χ2n) is 4.16. The fraction of sp³-hybridized carbons (Fsp3) is 0.900. The maximum Gasteiger partial charge on any atom is 0.226 e. The Morgan fingerprint density at radius 3 is 2.64 bits per heavy atom. The Kier molecular flexibility index (Phi) is 3.03. The first kappa shape index (κ1) is 9.93. The van der Waals surface area contributed by atoms with E-state index in [-0.39, 0.29) is 5.92 Å². The van der Waals surface area contributed by atoms with Crippen molar-refractivity contribution in [2.45, 2.75) is 13.3 Å². The van der Waals surface area contributed by atoms with Crippen LogP contribution in [0.3, 0.4) is 0 Å². The molecular formula is C10H18N2O2. The molecule has 4 nitrogen and oxygen atoms in total. The molecule has 2 saturated heterocycles. The first-order valence-electron chi connectivity index (χ1n) is 5.36. The average molecular weight is 198 g/mol. The van der Waals surface area contributed by atoms with Crippen molar-refractivity contribution in [1.82, 2.24) is 9.80 Å². The molecule has 2 aliphatic heterocycles. The van der Waals surface area contributed by atoms with Crippen molar-refractivity contribution in [2.24, 2.45) is 5.92 Å². The van der Waals surface area contributed by atoms with Gasteiger partial charge in [0.25, 0.3) is 0 Å². The lowest BCUT2D eigenvalue weighted by Gasteiger charge is -2.30. The van der Waals surface area contributed by atoms with Gasteiger partial charge in [0.05, 0.1) is 19.9 Å². The predicted molar refractivity (Wildman–Crippen MR) is 52.8 cm³/mol. The van der Waals surface area contributed by atoms with Gasteiger partial charge in [-0.1, -0.05) is 6.92 Å². The number of nitrogens with zero attached hydrogens (tertiary/aromatic N) is 2. The topological polar surface area (TPSA) is 32.8 Å². The average Bonchev–Trinajstić information content (AvgIpc) is 2.52. The van der Waals surface area contributed by atoms with Crippen molar-refractivity contribution in [3.8, 4) is 0 Å². The van der Waals surface area contributed by atoms with Gasteiger partial charge >= 0.3 is 0 Å². The van der Waals surface area contributed by atoms with Crippen LogP contribution in [-0.4, -0.2) is 55.2 Å². The molecule has 0 spiro atoms. The van der Waals surface area contributed by atoms with Gasteiger partial charge in [-0.15, -0.1) is 0 Å². The highest BCUT2D eigenvalue weighted by molar-refractivity contribution is 5.80. The first-order valence-corrected chi connectivity index (χ1v) is 5.36. The minimum Gasteiger partial charge on any atom is -0.379 e. The summed E-state index contributed by atoms with van der Waals surface area (Å²) >= 11 is 0. The standard InChI is InChI=1S/C10H18N2O2/c1-9-2-3-12(10(9)13)8-11-4-6-14-7-5-11/h9H,2-8H2,1H3. The highest BCUT2D eigenvalue weighted by atomic mass is 16.5. The lowest BCUT2D eigenvalue weighted by Crippen LogP contribution is -2.44. The van der Waals surface area contributed by atoms with Crippen LogP contribution in [0, 0.1) is 5.92 Å². The second kappa shape index (κ2) is 4.28. The zero-order valence-corrected chi connectivity index (χ0v) is 8.74. The Bertz CT molecular complexity index is 214. The van der Waals surface area contributed by atoms with E-state index in [4.69, 9.17) is 4.74 Å². The summed E-state index contributed by atoms with van der Waals surface area (Å²) in [6, 6.07) is 0. The maximum absolute atomic E-state index is 11.6. The van der Waals surface area contributed by atoms with Crippen molar-refractivity contribution in [3.63, 3.8) is 0 Å². The number of hydrogen-bond donors (Lipinski definition) is 0. The molecule has 0 aromatic heterocycles. The van der Waals surface area contributed by atoms with Gasteiger partial charge in [0.1, 0.15) is 0 Å². The van der Waals surface area contributed by atoms with Gasteiger partial charge in [0, 0.05) is 25.6 Å². The van der Waals surface area contributed by atoms with Crippen molar-refractivity contribution >= 4 is 5.91 Å². The first-order chi connectivity index (χ1) is 6.77. The molecule has 0 aliphatic carbocycles. The van der Waals surface area contributed by atoms with Crippen molar-refractivity contribution in [2.75, 3.05) is 39.5 Å². The molecular weight excluding hydrogens is 180 g/mol. The van der Waals surface area contributed by atoms with Gasteiger partial charge in [-0.2, -0.15) is 0 Å². The smallest absolute Gasteiger partial charge is 0.226 e. The number of likely N-dealkylation sites (tertiary alicyclic amines) is 1. The molecule has 0 bridgehead atoms. The molecule has 0 saturated carbocycles. The van der Waals surface area contributed by atoms with E-state index in [1.807, 2.05) is 11.8 Å². The normalized spacial score (nSPS) is 29.9. The largest absolute Gasteiger partial charge is 0.379 e. The minimum atomic E-state index is 0.232. The molecule has 4 heteroatoms. The van der Waals surface area contributed by atoms with Crippen LogP contribution in [0.4, 0.5) is 0 Å². The molecule has 0 aromatic rings. The fourth-order valence-electron chi connectivity index (χ4n) is 2.02. The Morgan fingerprint density at radius 2 is 2.07 bits per heavy atom. The van der Waals surface area contributed by atoms with Gasteiger partial charge in [-0.3, -0.25) is 9.69 Å². The van der Waals surface area contributed by atoms with E-state index in [1.54, 1.807) is 0 Å². The molecule has 14 heavy (non-hydrogen) atoms. The van der Waals surface area contributed by atoms with Crippen LogP contribution < -0.4 is 0 Å². The Balaban J connectivity index is 1.82. The lowest BCUT2D eigenvalue weighted by molar-refractivity contribution is -0.133. The van der Waals surface area contributed by atoms with Crippen LogP contribution in [0.15, 0.2) is 0 Å². The molecule has 2 aliphatic rings. The summed E-state index contributed by atoms with van der Waals surface area (Å²) in [5, 5.41) is 0. The Morgan fingerprint density at radius 1 is 1.36 bits per heavy atom. The number of carbonyl (C=O) groups excluding carboxylic acids is 1. The van der Waals surface area contributed by atoms with E-state index in [2.05, 4.69) is 4.90 Å². The molecule has 1 atom stereocenters. The molecule has 80 valence electrons. The third-order valence-corrected chi connectivity index (χ3v) is 3.04. The van der Waals surface area contributed by atoms with E-state index in [9.17, 15) is 4.79 Å².